The summed E-state index contributed by atoms with van der Waals surface area (Å²) in [5, 5.41) is 0. The smallest absolute Gasteiger partial charge is 0.243 e. The summed E-state index contributed by atoms with van der Waals surface area (Å²) in [5.74, 6) is -0.671. The second kappa shape index (κ2) is 5.67. The van der Waals surface area contributed by atoms with E-state index in [9.17, 15) is 12.8 Å². The highest BCUT2D eigenvalue weighted by Gasteiger charge is 2.34. The zero-order valence-corrected chi connectivity index (χ0v) is 12.5. The van der Waals surface area contributed by atoms with E-state index in [0.717, 1.165) is 6.07 Å². The third-order valence-electron chi connectivity index (χ3n) is 3.28. The second-order valence-corrected chi connectivity index (χ2v) is 6.75. The van der Waals surface area contributed by atoms with E-state index in [2.05, 4.69) is 0 Å². The van der Waals surface area contributed by atoms with Crippen LogP contribution in [0.25, 0.3) is 0 Å². The van der Waals surface area contributed by atoms with Crippen molar-refractivity contribution in [3.05, 3.63) is 24.0 Å². The molecule has 0 amide bonds. The zero-order valence-electron chi connectivity index (χ0n) is 11.7. The van der Waals surface area contributed by atoms with Crippen LogP contribution in [0.15, 0.2) is 23.1 Å². The Bertz CT molecular complexity index is 590. The quantitative estimate of drug-likeness (QED) is 0.851. The van der Waals surface area contributed by atoms with Crippen LogP contribution in [0, 0.1) is 5.82 Å². The fraction of sp³-hybridized carbons (Fsp3) is 0.538. The maximum Gasteiger partial charge on any atom is 0.243 e. The van der Waals surface area contributed by atoms with Gasteiger partial charge in [-0.25, -0.2) is 12.8 Å². The highest BCUT2D eigenvalue weighted by molar-refractivity contribution is 7.89. The van der Waals surface area contributed by atoms with E-state index in [1.165, 1.54) is 23.5 Å². The first-order valence-electron chi connectivity index (χ1n) is 6.33. The first-order chi connectivity index (χ1) is 9.36. The standard InChI is InChI=1S/C13H18FNO4S/c1-9-8-19-10(2)7-15(9)20(16,17)11-4-5-13(18-3)12(14)6-11/h4-6,9-10H,7-8H2,1-3H3/t9-,10-/m0/s1. The SMILES string of the molecule is COc1ccc(S(=O)(=O)N2C[C@H](C)OC[C@@H]2C)cc1F. The lowest BCUT2D eigenvalue weighted by atomic mass is 10.2. The van der Waals surface area contributed by atoms with Gasteiger partial charge in [0, 0.05) is 12.6 Å². The number of hydrogen-bond donors (Lipinski definition) is 0. The third kappa shape index (κ3) is 2.79. The number of hydrogen-bond acceptors (Lipinski definition) is 4. The van der Waals surface area contributed by atoms with Crippen molar-refractivity contribution in [2.24, 2.45) is 0 Å². The molecule has 1 heterocycles. The van der Waals surface area contributed by atoms with Gasteiger partial charge in [-0.1, -0.05) is 0 Å². The number of rotatable bonds is 3. The predicted octanol–water partition coefficient (Wildman–Crippen LogP) is 1.63. The Hall–Kier alpha value is -1.18. The molecule has 0 radical (unpaired) electrons. The molecule has 0 aliphatic carbocycles. The molecule has 1 aliphatic heterocycles. The number of methoxy groups -OCH3 is 1. The van der Waals surface area contributed by atoms with Crippen LogP contribution in [-0.4, -0.2) is 45.1 Å². The maximum absolute atomic E-state index is 13.7. The second-order valence-electron chi connectivity index (χ2n) is 4.86. The number of ether oxygens (including phenoxy) is 2. The lowest BCUT2D eigenvalue weighted by molar-refractivity contribution is -0.0170. The zero-order chi connectivity index (χ0) is 14.9. The highest BCUT2D eigenvalue weighted by atomic mass is 32.2. The predicted molar refractivity (Wildman–Crippen MR) is 71.7 cm³/mol. The molecule has 20 heavy (non-hydrogen) atoms. The molecule has 1 aromatic carbocycles. The Balaban J connectivity index is 2.36. The average molecular weight is 303 g/mol. The summed E-state index contributed by atoms with van der Waals surface area (Å²) in [6, 6.07) is 3.38. The van der Waals surface area contributed by atoms with Gasteiger partial charge in [-0.2, -0.15) is 4.31 Å². The lowest BCUT2D eigenvalue weighted by Gasteiger charge is -2.35. The van der Waals surface area contributed by atoms with Crippen LogP contribution in [0.2, 0.25) is 0 Å². The van der Waals surface area contributed by atoms with Crippen molar-refractivity contribution >= 4 is 10.0 Å². The van der Waals surface area contributed by atoms with Crippen LogP contribution < -0.4 is 4.74 Å². The van der Waals surface area contributed by atoms with Gasteiger partial charge in [-0.15, -0.1) is 0 Å². The van der Waals surface area contributed by atoms with Gasteiger partial charge in [-0.3, -0.25) is 0 Å². The summed E-state index contributed by atoms with van der Waals surface area (Å²) in [4.78, 5) is -0.0725. The van der Waals surface area contributed by atoms with Gasteiger partial charge in [0.25, 0.3) is 0 Å². The minimum atomic E-state index is -3.73. The molecule has 0 bridgehead atoms. The fourth-order valence-electron chi connectivity index (χ4n) is 2.15. The summed E-state index contributed by atoms with van der Waals surface area (Å²) in [5.41, 5.74) is 0. The largest absolute Gasteiger partial charge is 0.494 e. The third-order valence-corrected chi connectivity index (χ3v) is 5.26. The molecule has 0 spiro atoms. The molecule has 0 N–H and O–H groups in total. The summed E-state index contributed by atoms with van der Waals surface area (Å²) in [7, 11) is -2.40. The van der Waals surface area contributed by atoms with Gasteiger partial charge in [0.2, 0.25) is 10.0 Å². The van der Waals surface area contributed by atoms with Crippen molar-refractivity contribution in [3.8, 4) is 5.75 Å². The van der Waals surface area contributed by atoms with Gasteiger partial charge >= 0.3 is 0 Å². The number of benzene rings is 1. The molecule has 0 saturated carbocycles. The van der Waals surface area contributed by atoms with E-state index in [1.807, 2.05) is 6.92 Å². The van der Waals surface area contributed by atoms with Crippen LogP contribution >= 0.6 is 0 Å². The molecule has 1 aromatic rings. The highest BCUT2D eigenvalue weighted by Crippen LogP contribution is 2.26. The van der Waals surface area contributed by atoms with Crippen LogP contribution in [0.3, 0.4) is 0 Å². The summed E-state index contributed by atoms with van der Waals surface area (Å²) in [6.45, 7) is 4.17. The molecule has 7 heteroatoms. The monoisotopic (exact) mass is 303 g/mol. The summed E-state index contributed by atoms with van der Waals surface area (Å²) >= 11 is 0. The average Bonchev–Trinajstić information content (AvgIpc) is 2.41. The molecule has 1 saturated heterocycles. The van der Waals surface area contributed by atoms with Gasteiger partial charge in [-0.05, 0) is 32.0 Å². The van der Waals surface area contributed by atoms with E-state index < -0.39 is 15.8 Å². The summed E-state index contributed by atoms with van der Waals surface area (Å²) < 4.78 is 50.4. The number of sulfonamides is 1. The molecule has 1 fully saturated rings. The van der Waals surface area contributed by atoms with Crippen LogP contribution in [0.5, 0.6) is 5.75 Å². The molecular formula is C13H18FNO4S. The molecule has 1 aliphatic rings. The van der Waals surface area contributed by atoms with E-state index in [0.29, 0.717) is 6.61 Å². The Morgan fingerprint density at radius 1 is 1.40 bits per heavy atom. The minimum Gasteiger partial charge on any atom is -0.494 e. The summed E-state index contributed by atoms with van der Waals surface area (Å²) in [6.07, 6.45) is -0.177. The molecule has 0 aromatic heterocycles. The Morgan fingerprint density at radius 2 is 2.10 bits per heavy atom. The van der Waals surface area contributed by atoms with Gasteiger partial charge in [0.1, 0.15) is 0 Å². The van der Waals surface area contributed by atoms with Crippen molar-refractivity contribution in [2.75, 3.05) is 20.3 Å². The molecule has 5 nitrogen and oxygen atoms in total. The normalized spacial score (nSPS) is 24.6. The molecule has 2 atom stereocenters. The van der Waals surface area contributed by atoms with Gasteiger partial charge < -0.3 is 9.47 Å². The van der Waals surface area contributed by atoms with E-state index in [4.69, 9.17) is 9.47 Å². The van der Waals surface area contributed by atoms with Crippen LogP contribution in [0.4, 0.5) is 4.39 Å². The Kier molecular flexibility index (Phi) is 4.31. The van der Waals surface area contributed by atoms with Crippen molar-refractivity contribution in [1.82, 2.24) is 4.31 Å². The van der Waals surface area contributed by atoms with Crippen molar-refractivity contribution in [1.29, 1.82) is 0 Å². The maximum atomic E-state index is 13.7. The fourth-order valence-corrected chi connectivity index (χ4v) is 3.85. The molecule has 0 unspecified atom stereocenters. The molecule has 2 rings (SSSR count). The minimum absolute atomic E-state index is 0.0207. The van der Waals surface area contributed by atoms with Crippen molar-refractivity contribution in [2.45, 2.75) is 30.9 Å². The van der Waals surface area contributed by atoms with Gasteiger partial charge in [0.05, 0.1) is 24.7 Å². The number of halogens is 1. The van der Waals surface area contributed by atoms with Gasteiger partial charge in [0.15, 0.2) is 11.6 Å². The Morgan fingerprint density at radius 3 is 2.70 bits per heavy atom. The first kappa shape index (κ1) is 15.2. The van der Waals surface area contributed by atoms with E-state index in [-0.39, 0.29) is 29.3 Å². The number of morpholine rings is 1. The molecule has 112 valence electrons. The molecular weight excluding hydrogens is 285 g/mol. The van der Waals surface area contributed by atoms with E-state index >= 15 is 0 Å². The van der Waals surface area contributed by atoms with Crippen molar-refractivity contribution in [3.63, 3.8) is 0 Å². The number of nitrogens with zero attached hydrogens (tertiary/aromatic N) is 1. The topological polar surface area (TPSA) is 55.8 Å². The van der Waals surface area contributed by atoms with Crippen LogP contribution in [-0.2, 0) is 14.8 Å². The Labute approximate surface area is 118 Å². The van der Waals surface area contributed by atoms with Crippen LogP contribution in [0.1, 0.15) is 13.8 Å². The van der Waals surface area contributed by atoms with E-state index in [1.54, 1.807) is 6.92 Å². The lowest BCUT2D eigenvalue weighted by Crippen LogP contribution is -2.50. The van der Waals surface area contributed by atoms with Crippen molar-refractivity contribution < 1.29 is 22.3 Å². The first-order valence-corrected chi connectivity index (χ1v) is 7.77.